The molecule has 3 aromatic rings. The minimum absolute atomic E-state index is 0.00799. The predicted molar refractivity (Wildman–Crippen MR) is 112 cm³/mol. The molecule has 0 aliphatic rings. The van der Waals surface area contributed by atoms with Crippen LogP contribution in [0, 0.1) is 5.92 Å². The average Bonchev–Trinajstić information content (AvgIpc) is 2.70. The first-order valence-corrected chi connectivity index (χ1v) is 9.60. The van der Waals surface area contributed by atoms with Gasteiger partial charge in [0.2, 0.25) is 5.91 Å². The van der Waals surface area contributed by atoms with Gasteiger partial charge in [0.25, 0.3) is 0 Å². The lowest BCUT2D eigenvalue weighted by Crippen LogP contribution is -2.34. The van der Waals surface area contributed by atoms with Crippen LogP contribution in [0.2, 0.25) is 0 Å². The van der Waals surface area contributed by atoms with Gasteiger partial charge in [-0.05, 0) is 29.0 Å². The summed E-state index contributed by atoms with van der Waals surface area (Å²) in [5.74, 6) is 0.218. The van der Waals surface area contributed by atoms with Crippen LogP contribution in [0.5, 0.6) is 0 Å². The summed E-state index contributed by atoms with van der Waals surface area (Å²) in [6, 6.07) is 30.3. The number of nitrogens with one attached hydrogen (secondary N) is 1. The lowest BCUT2D eigenvalue weighted by molar-refractivity contribution is -0.122. The number of hydrogen-bond acceptors (Lipinski definition) is 1. The van der Waals surface area contributed by atoms with Crippen molar-refractivity contribution in [1.29, 1.82) is 0 Å². The molecule has 0 spiro atoms. The highest BCUT2D eigenvalue weighted by Crippen LogP contribution is 2.28. The van der Waals surface area contributed by atoms with Crippen LogP contribution in [0.15, 0.2) is 91.0 Å². The van der Waals surface area contributed by atoms with E-state index in [4.69, 9.17) is 0 Å². The van der Waals surface area contributed by atoms with Crippen LogP contribution >= 0.6 is 0 Å². The van der Waals surface area contributed by atoms with E-state index in [9.17, 15) is 4.79 Å². The molecule has 0 bridgehead atoms. The van der Waals surface area contributed by atoms with Crippen molar-refractivity contribution < 1.29 is 4.79 Å². The lowest BCUT2D eigenvalue weighted by Gasteiger charge is -2.25. The van der Waals surface area contributed by atoms with Gasteiger partial charge in [0, 0.05) is 0 Å². The van der Waals surface area contributed by atoms with Gasteiger partial charge in [-0.1, -0.05) is 105 Å². The third kappa shape index (κ3) is 5.07. The lowest BCUT2D eigenvalue weighted by atomic mass is 9.89. The summed E-state index contributed by atoms with van der Waals surface area (Å²) in [7, 11) is 0. The molecule has 2 nitrogen and oxygen atoms in total. The Morgan fingerprint density at radius 1 is 0.704 bits per heavy atom. The van der Waals surface area contributed by atoms with Crippen LogP contribution in [0.3, 0.4) is 0 Å². The Bertz CT molecular complexity index is 788. The molecule has 0 saturated carbocycles. The number of carbonyl (C=O) groups is 1. The van der Waals surface area contributed by atoms with Crippen LogP contribution in [-0.4, -0.2) is 5.91 Å². The molecule has 3 aromatic carbocycles. The number of carbonyl (C=O) groups excluding carboxylic acids is 1. The van der Waals surface area contributed by atoms with Crippen molar-refractivity contribution in [1.82, 2.24) is 5.32 Å². The normalized spacial score (nSPS) is 12.1. The standard InChI is InChI=1S/C25H27NO/c1-19(2)18-23(20-12-6-3-7-13-20)26-25(27)24(21-14-8-4-9-15-21)22-16-10-5-11-17-22/h3-17,19,23-24H,18H2,1-2H3,(H,26,27). The molecular weight excluding hydrogens is 330 g/mol. The first kappa shape index (κ1) is 18.9. The largest absolute Gasteiger partial charge is 0.348 e. The van der Waals surface area contributed by atoms with Crippen LogP contribution in [0.4, 0.5) is 0 Å². The SMILES string of the molecule is CC(C)CC(NC(=O)C(c1ccccc1)c1ccccc1)c1ccccc1. The molecule has 138 valence electrons. The van der Waals surface area contributed by atoms with Crippen LogP contribution < -0.4 is 5.32 Å². The van der Waals surface area contributed by atoms with E-state index in [-0.39, 0.29) is 17.9 Å². The second-order valence-corrected chi connectivity index (χ2v) is 7.36. The molecular formula is C25H27NO. The second-order valence-electron chi connectivity index (χ2n) is 7.36. The zero-order valence-corrected chi connectivity index (χ0v) is 16.0. The molecule has 1 N–H and O–H groups in total. The van der Waals surface area contributed by atoms with Crippen LogP contribution in [0.1, 0.15) is 48.9 Å². The first-order valence-electron chi connectivity index (χ1n) is 9.60. The Balaban J connectivity index is 1.91. The molecule has 0 aromatic heterocycles. The second kappa shape index (κ2) is 9.18. The summed E-state index contributed by atoms with van der Waals surface area (Å²) in [5, 5.41) is 3.32. The van der Waals surface area contributed by atoms with E-state index in [1.165, 1.54) is 0 Å². The molecule has 1 amide bonds. The molecule has 0 aliphatic carbocycles. The van der Waals surface area contributed by atoms with Gasteiger partial charge in [-0.2, -0.15) is 0 Å². The molecule has 2 heteroatoms. The van der Waals surface area contributed by atoms with E-state index in [0.717, 1.165) is 23.1 Å². The molecule has 27 heavy (non-hydrogen) atoms. The summed E-state index contributed by atoms with van der Waals surface area (Å²) in [6.07, 6.45) is 0.909. The quantitative estimate of drug-likeness (QED) is 0.575. The summed E-state index contributed by atoms with van der Waals surface area (Å²) in [5.41, 5.74) is 3.18. The highest BCUT2D eigenvalue weighted by Gasteiger charge is 2.25. The molecule has 0 saturated heterocycles. The fraction of sp³-hybridized carbons (Fsp3) is 0.240. The Morgan fingerprint density at radius 2 is 1.11 bits per heavy atom. The number of amides is 1. The van der Waals surface area contributed by atoms with E-state index in [2.05, 4.69) is 31.3 Å². The highest BCUT2D eigenvalue weighted by atomic mass is 16.1. The summed E-state index contributed by atoms with van der Waals surface area (Å²) in [4.78, 5) is 13.4. The van der Waals surface area contributed by atoms with Crippen LogP contribution in [-0.2, 0) is 4.79 Å². The van der Waals surface area contributed by atoms with Gasteiger partial charge in [0.05, 0.1) is 12.0 Å². The van der Waals surface area contributed by atoms with E-state index >= 15 is 0 Å². The summed E-state index contributed by atoms with van der Waals surface area (Å²) >= 11 is 0. The van der Waals surface area contributed by atoms with Gasteiger partial charge in [0.1, 0.15) is 0 Å². The third-order valence-electron chi connectivity index (χ3n) is 4.75. The Hall–Kier alpha value is -2.87. The van der Waals surface area contributed by atoms with E-state index < -0.39 is 0 Å². The highest BCUT2D eigenvalue weighted by molar-refractivity contribution is 5.87. The Kier molecular flexibility index (Phi) is 6.43. The molecule has 1 atom stereocenters. The molecule has 0 radical (unpaired) electrons. The van der Waals surface area contributed by atoms with Gasteiger partial charge in [-0.3, -0.25) is 4.79 Å². The van der Waals surface area contributed by atoms with E-state index in [1.54, 1.807) is 0 Å². The van der Waals surface area contributed by atoms with Gasteiger partial charge >= 0.3 is 0 Å². The van der Waals surface area contributed by atoms with Crippen molar-refractivity contribution >= 4 is 5.91 Å². The fourth-order valence-electron chi connectivity index (χ4n) is 3.48. The smallest absolute Gasteiger partial charge is 0.232 e. The molecule has 3 rings (SSSR count). The maximum absolute atomic E-state index is 13.4. The maximum atomic E-state index is 13.4. The third-order valence-corrected chi connectivity index (χ3v) is 4.75. The Morgan fingerprint density at radius 3 is 1.52 bits per heavy atom. The Labute approximate surface area is 162 Å². The summed E-state index contributed by atoms with van der Waals surface area (Å²) in [6.45, 7) is 4.38. The number of rotatable bonds is 7. The minimum Gasteiger partial charge on any atom is -0.348 e. The van der Waals surface area contributed by atoms with Gasteiger partial charge in [0.15, 0.2) is 0 Å². The van der Waals surface area contributed by atoms with Gasteiger partial charge in [-0.15, -0.1) is 0 Å². The van der Waals surface area contributed by atoms with Crippen molar-refractivity contribution in [2.75, 3.05) is 0 Å². The van der Waals surface area contributed by atoms with Crippen molar-refractivity contribution in [2.24, 2.45) is 5.92 Å². The topological polar surface area (TPSA) is 29.1 Å². The zero-order chi connectivity index (χ0) is 19.1. The average molecular weight is 357 g/mol. The first-order chi connectivity index (χ1) is 13.1. The zero-order valence-electron chi connectivity index (χ0n) is 16.0. The van der Waals surface area contributed by atoms with Gasteiger partial charge < -0.3 is 5.32 Å². The number of benzene rings is 3. The summed E-state index contributed by atoms with van der Waals surface area (Å²) < 4.78 is 0. The monoisotopic (exact) mass is 357 g/mol. The predicted octanol–water partition coefficient (Wildman–Crippen LogP) is 5.72. The van der Waals surface area contributed by atoms with Crippen LogP contribution in [0.25, 0.3) is 0 Å². The molecule has 1 unspecified atom stereocenters. The minimum atomic E-state index is -0.314. The van der Waals surface area contributed by atoms with Crippen molar-refractivity contribution in [3.8, 4) is 0 Å². The molecule has 0 aliphatic heterocycles. The van der Waals surface area contributed by atoms with Gasteiger partial charge in [-0.25, -0.2) is 0 Å². The number of hydrogen-bond donors (Lipinski definition) is 1. The molecule has 0 fully saturated rings. The maximum Gasteiger partial charge on any atom is 0.232 e. The van der Waals surface area contributed by atoms with E-state index in [0.29, 0.717) is 5.92 Å². The van der Waals surface area contributed by atoms with Crippen molar-refractivity contribution in [3.05, 3.63) is 108 Å². The van der Waals surface area contributed by atoms with Crippen molar-refractivity contribution in [2.45, 2.75) is 32.2 Å². The fourth-order valence-corrected chi connectivity index (χ4v) is 3.48. The molecule has 0 heterocycles. The van der Waals surface area contributed by atoms with Crippen molar-refractivity contribution in [3.63, 3.8) is 0 Å². The van der Waals surface area contributed by atoms with E-state index in [1.807, 2.05) is 78.9 Å².